The van der Waals surface area contributed by atoms with Crippen LogP contribution in [-0.4, -0.2) is 26.2 Å². The Labute approximate surface area is 178 Å². The first-order valence-corrected chi connectivity index (χ1v) is 12.6. The summed E-state index contributed by atoms with van der Waals surface area (Å²) in [4.78, 5) is 0. The lowest BCUT2D eigenvalue weighted by Gasteiger charge is -2.31. The molecule has 160 valence electrons. The van der Waals surface area contributed by atoms with Gasteiger partial charge in [-0.15, -0.1) is 0 Å². The molecule has 2 fully saturated rings. The molecule has 0 saturated heterocycles. The monoisotopic (exact) mass is 394 g/mol. The summed E-state index contributed by atoms with van der Waals surface area (Å²) < 4.78 is 0. The van der Waals surface area contributed by atoms with E-state index in [1.165, 1.54) is 64.2 Å². The third kappa shape index (κ3) is 4.35. The van der Waals surface area contributed by atoms with Crippen molar-refractivity contribution >= 4 is 5.57 Å². The van der Waals surface area contributed by atoms with Gasteiger partial charge in [0.15, 0.2) is 0 Å². The van der Waals surface area contributed by atoms with Crippen LogP contribution in [0.1, 0.15) is 101 Å². The Morgan fingerprint density at radius 3 is 1.97 bits per heavy atom. The van der Waals surface area contributed by atoms with Crippen molar-refractivity contribution in [3.63, 3.8) is 0 Å². The number of fused-ring (bicyclic) bond motifs is 1. The molecule has 2 saturated carbocycles. The van der Waals surface area contributed by atoms with Crippen LogP contribution in [0.4, 0.5) is 0 Å². The molecule has 1 aromatic carbocycles. The lowest BCUT2D eigenvalue weighted by atomic mass is 9.75. The number of allylic oxidation sites excluding steroid dienone is 1. The van der Waals surface area contributed by atoms with Gasteiger partial charge in [0.25, 0.3) is 0 Å². The Hall–Kier alpha value is -1.12. The van der Waals surface area contributed by atoms with E-state index in [-0.39, 0.29) is 5.41 Å². The van der Waals surface area contributed by atoms with Gasteiger partial charge in [-0.2, -0.15) is 0 Å². The van der Waals surface area contributed by atoms with E-state index in [4.69, 9.17) is 0 Å². The summed E-state index contributed by atoms with van der Waals surface area (Å²) in [5, 5.41) is 7.44. The van der Waals surface area contributed by atoms with E-state index in [1.54, 1.807) is 22.3 Å². The second-order valence-electron chi connectivity index (χ2n) is 9.76. The maximum atomic E-state index is 3.72. The van der Waals surface area contributed by atoms with Crippen molar-refractivity contribution in [1.82, 2.24) is 10.6 Å². The number of benzene rings is 1. The van der Waals surface area contributed by atoms with Gasteiger partial charge in [0.2, 0.25) is 0 Å². The first-order valence-electron chi connectivity index (χ1n) is 12.6. The molecule has 3 aliphatic rings. The van der Waals surface area contributed by atoms with Gasteiger partial charge in [-0.05, 0) is 72.9 Å². The van der Waals surface area contributed by atoms with Crippen LogP contribution in [0.3, 0.4) is 0 Å². The molecule has 0 bridgehead atoms. The molecule has 0 aromatic heterocycles. The third-order valence-corrected chi connectivity index (χ3v) is 7.82. The van der Waals surface area contributed by atoms with E-state index < -0.39 is 0 Å². The number of hydrogen-bond donors (Lipinski definition) is 2. The van der Waals surface area contributed by atoms with Crippen LogP contribution >= 0.6 is 0 Å². The second-order valence-corrected chi connectivity index (χ2v) is 9.76. The molecule has 2 N–H and O–H groups in total. The van der Waals surface area contributed by atoms with Crippen molar-refractivity contribution < 1.29 is 0 Å². The number of rotatable bonds is 8. The lowest BCUT2D eigenvalue weighted by Crippen LogP contribution is -2.44. The van der Waals surface area contributed by atoms with Gasteiger partial charge < -0.3 is 10.6 Å². The van der Waals surface area contributed by atoms with Crippen LogP contribution in [0.5, 0.6) is 0 Å². The van der Waals surface area contributed by atoms with Crippen molar-refractivity contribution in [3.05, 3.63) is 41.0 Å². The summed E-state index contributed by atoms with van der Waals surface area (Å²) >= 11 is 0. The highest BCUT2D eigenvalue weighted by Crippen LogP contribution is 2.50. The van der Waals surface area contributed by atoms with Gasteiger partial charge in [0, 0.05) is 18.5 Å². The Kier molecular flexibility index (Phi) is 7.13. The van der Waals surface area contributed by atoms with Crippen molar-refractivity contribution in [2.24, 2.45) is 5.92 Å². The zero-order valence-electron chi connectivity index (χ0n) is 18.9. The van der Waals surface area contributed by atoms with Crippen LogP contribution in [0.15, 0.2) is 24.3 Å². The lowest BCUT2D eigenvalue weighted by molar-refractivity contribution is 0.425. The molecule has 0 heterocycles. The van der Waals surface area contributed by atoms with E-state index in [0.29, 0.717) is 0 Å². The maximum Gasteiger partial charge on any atom is 0.0393 e. The normalized spacial score (nSPS) is 22.5. The van der Waals surface area contributed by atoms with Crippen LogP contribution in [0, 0.1) is 5.92 Å². The Morgan fingerprint density at radius 2 is 1.38 bits per heavy atom. The zero-order chi connectivity index (χ0) is 20.1. The SMILES string of the molecule is CCNCC1(CNCC)C=C(C2CCCCC2)c2c(C3CCCCC3)cccc21. The number of likely N-dealkylation sites (N-methyl/N-ethyl adjacent to an activating group) is 2. The number of hydrogen-bond acceptors (Lipinski definition) is 2. The van der Waals surface area contributed by atoms with Crippen LogP contribution in [-0.2, 0) is 5.41 Å². The highest BCUT2D eigenvalue weighted by molar-refractivity contribution is 5.81. The molecule has 0 radical (unpaired) electrons. The molecule has 2 nitrogen and oxygen atoms in total. The highest BCUT2D eigenvalue weighted by atomic mass is 14.9. The fourth-order valence-corrected chi connectivity index (χ4v) is 6.30. The maximum absolute atomic E-state index is 3.72. The first-order chi connectivity index (χ1) is 14.3. The van der Waals surface area contributed by atoms with Gasteiger partial charge >= 0.3 is 0 Å². The van der Waals surface area contributed by atoms with Gasteiger partial charge in [0.1, 0.15) is 0 Å². The molecule has 29 heavy (non-hydrogen) atoms. The van der Waals surface area contributed by atoms with Crippen LogP contribution in [0.25, 0.3) is 5.57 Å². The standard InChI is InChI=1S/C27H42N2/c1-3-28-19-27(20-29-4-2)18-24(22-14-9-6-10-15-22)26-23(16-11-17-25(26)27)21-12-7-5-8-13-21/h11,16-18,21-22,28-29H,3-10,12-15,19-20H2,1-2H3. The topological polar surface area (TPSA) is 24.1 Å². The van der Waals surface area contributed by atoms with Crippen molar-refractivity contribution in [3.8, 4) is 0 Å². The van der Waals surface area contributed by atoms with Gasteiger partial charge in [0.05, 0.1) is 0 Å². The number of nitrogens with one attached hydrogen (secondary N) is 2. The molecule has 0 amide bonds. The van der Waals surface area contributed by atoms with E-state index in [0.717, 1.165) is 38.0 Å². The smallest absolute Gasteiger partial charge is 0.0393 e. The average Bonchev–Trinajstić information content (AvgIpc) is 3.12. The van der Waals surface area contributed by atoms with Crippen molar-refractivity contribution in [2.45, 2.75) is 89.4 Å². The third-order valence-electron chi connectivity index (χ3n) is 7.82. The Morgan fingerprint density at radius 1 is 0.793 bits per heavy atom. The first kappa shape index (κ1) is 21.1. The molecule has 0 atom stereocenters. The minimum Gasteiger partial charge on any atom is -0.316 e. The van der Waals surface area contributed by atoms with Gasteiger partial charge in [-0.25, -0.2) is 0 Å². The summed E-state index contributed by atoms with van der Waals surface area (Å²) in [7, 11) is 0. The fraction of sp³-hybridized carbons (Fsp3) is 0.704. The Balaban J connectivity index is 1.79. The van der Waals surface area contributed by atoms with Gasteiger partial charge in [-0.1, -0.05) is 76.6 Å². The predicted octanol–water partition coefficient (Wildman–Crippen LogP) is 6.17. The molecule has 0 aliphatic heterocycles. The molecule has 0 unspecified atom stereocenters. The van der Waals surface area contributed by atoms with Crippen molar-refractivity contribution in [2.75, 3.05) is 26.2 Å². The van der Waals surface area contributed by atoms with Crippen molar-refractivity contribution in [1.29, 1.82) is 0 Å². The molecule has 3 aliphatic carbocycles. The fourth-order valence-electron chi connectivity index (χ4n) is 6.30. The van der Waals surface area contributed by atoms with Gasteiger partial charge in [-0.3, -0.25) is 0 Å². The summed E-state index contributed by atoms with van der Waals surface area (Å²) in [6, 6.07) is 7.32. The van der Waals surface area contributed by atoms with E-state index >= 15 is 0 Å². The predicted molar refractivity (Wildman–Crippen MR) is 126 cm³/mol. The molecular weight excluding hydrogens is 352 g/mol. The minimum absolute atomic E-state index is 0.110. The minimum atomic E-state index is 0.110. The van der Waals surface area contributed by atoms with Crippen LogP contribution < -0.4 is 10.6 Å². The second kappa shape index (κ2) is 9.79. The summed E-state index contributed by atoms with van der Waals surface area (Å²) in [6.07, 6.45) is 16.8. The Bertz CT molecular complexity index is 684. The molecule has 0 spiro atoms. The van der Waals surface area contributed by atoms with E-state index in [2.05, 4.69) is 48.8 Å². The van der Waals surface area contributed by atoms with E-state index in [9.17, 15) is 0 Å². The summed E-state index contributed by atoms with van der Waals surface area (Å²) in [6.45, 7) is 8.65. The zero-order valence-corrected chi connectivity index (χ0v) is 18.9. The molecule has 1 aromatic rings. The quantitative estimate of drug-likeness (QED) is 0.551. The van der Waals surface area contributed by atoms with Crippen LogP contribution in [0.2, 0.25) is 0 Å². The highest BCUT2D eigenvalue weighted by Gasteiger charge is 2.41. The largest absolute Gasteiger partial charge is 0.316 e. The molecule has 4 rings (SSSR count). The average molecular weight is 395 g/mol. The molecule has 2 heteroatoms. The van der Waals surface area contributed by atoms with E-state index in [1.807, 2.05) is 0 Å². The summed E-state index contributed by atoms with van der Waals surface area (Å²) in [5.41, 5.74) is 6.81. The summed E-state index contributed by atoms with van der Waals surface area (Å²) in [5.74, 6) is 1.55. The molecular formula is C27H42N2.